The molecule has 1 N–H and O–H groups in total. The molecule has 0 unspecified atom stereocenters. The second-order valence-electron chi connectivity index (χ2n) is 4.14. The Balaban J connectivity index is 2.27. The van der Waals surface area contributed by atoms with E-state index in [0.29, 0.717) is 18.2 Å². The number of nitrogens with one attached hydrogen (secondary N) is 1. The van der Waals surface area contributed by atoms with Crippen LogP contribution in [0.1, 0.15) is 12.7 Å². The number of benzene rings is 1. The van der Waals surface area contributed by atoms with E-state index in [1.165, 1.54) is 12.1 Å². The molecule has 1 heterocycles. The predicted octanol–water partition coefficient (Wildman–Crippen LogP) is 3.06. The summed E-state index contributed by atoms with van der Waals surface area (Å²) in [5, 5.41) is 13.6. The van der Waals surface area contributed by atoms with Gasteiger partial charge in [-0.15, -0.1) is 0 Å². The first-order chi connectivity index (χ1) is 9.99. The van der Waals surface area contributed by atoms with E-state index < -0.39 is 10.7 Å². The average molecular weight is 292 g/mol. The second kappa shape index (κ2) is 6.12. The van der Waals surface area contributed by atoms with Crippen molar-refractivity contribution < 1.29 is 14.1 Å². The van der Waals surface area contributed by atoms with Crippen LogP contribution in [0.2, 0.25) is 0 Å². The number of hydrogen-bond donors (Lipinski definition) is 1. The Kier molecular flexibility index (Phi) is 4.27. The molecule has 0 atom stereocenters. The van der Waals surface area contributed by atoms with Gasteiger partial charge in [-0.3, -0.25) is 10.1 Å². The fourth-order valence-electron chi connectivity index (χ4n) is 1.66. The van der Waals surface area contributed by atoms with Gasteiger partial charge in [0.25, 0.3) is 5.69 Å². The Labute approximate surface area is 120 Å². The Morgan fingerprint density at radius 1 is 1.38 bits per heavy atom. The molecule has 0 aliphatic heterocycles. The normalized spacial score (nSPS) is 10.2. The lowest BCUT2D eigenvalue weighted by Crippen LogP contribution is -2.03. The Morgan fingerprint density at radius 2 is 2.14 bits per heavy atom. The fraction of sp³-hybridized carbons (Fsp3) is 0.231. The summed E-state index contributed by atoms with van der Waals surface area (Å²) >= 11 is 0. The molecule has 0 fully saturated rings. The summed E-state index contributed by atoms with van der Waals surface area (Å²) < 4.78 is 19.1. The fourth-order valence-corrected chi connectivity index (χ4v) is 1.66. The lowest BCUT2D eigenvalue weighted by atomic mass is 10.3. The van der Waals surface area contributed by atoms with E-state index in [1.54, 1.807) is 6.92 Å². The topological polar surface area (TPSA) is 90.2 Å². The van der Waals surface area contributed by atoms with Gasteiger partial charge in [0.1, 0.15) is 11.6 Å². The van der Waals surface area contributed by atoms with Crippen LogP contribution in [-0.2, 0) is 0 Å². The van der Waals surface area contributed by atoms with Crippen molar-refractivity contribution in [2.45, 2.75) is 13.8 Å². The van der Waals surface area contributed by atoms with Gasteiger partial charge in [0, 0.05) is 18.7 Å². The SMILES string of the molecule is CCNc1cc(Oc2ccc([N+](=O)[O-])cc2F)nc(C)n1. The van der Waals surface area contributed by atoms with Crippen molar-refractivity contribution in [1.82, 2.24) is 9.97 Å². The molecule has 1 aromatic carbocycles. The van der Waals surface area contributed by atoms with Crippen molar-refractivity contribution in [3.8, 4) is 11.6 Å². The first kappa shape index (κ1) is 14.6. The van der Waals surface area contributed by atoms with Gasteiger partial charge >= 0.3 is 0 Å². The third kappa shape index (κ3) is 3.62. The highest BCUT2D eigenvalue weighted by atomic mass is 19.1. The van der Waals surface area contributed by atoms with Crippen LogP contribution in [-0.4, -0.2) is 21.4 Å². The van der Waals surface area contributed by atoms with Crippen molar-refractivity contribution in [2.24, 2.45) is 0 Å². The lowest BCUT2D eigenvalue weighted by molar-refractivity contribution is -0.385. The lowest BCUT2D eigenvalue weighted by Gasteiger charge is -2.08. The Morgan fingerprint density at radius 3 is 2.76 bits per heavy atom. The predicted molar refractivity (Wildman–Crippen MR) is 74.1 cm³/mol. The van der Waals surface area contributed by atoms with Crippen LogP contribution < -0.4 is 10.1 Å². The minimum absolute atomic E-state index is 0.138. The van der Waals surface area contributed by atoms with Crippen LogP contribution in [0.5, 0.6) is 11.6 Å². The number of anilines is 1. The number of aromatic nitrogens is 2. The Bertz CT molecular complexity index is 678. The average Bonchev–Trinajstić information content (AvgIpc) is 2.40. The molecular weight excluding hydrogens is 279 g/mol. The molecule has 0 saturated heterocycles. The zero-order chi connectivity index (χ0) is 15.4. The van der Waals surface area contributed by atoms with E-state index >= 15 is 0 Å². The van der Waals surface area contributed by atoms with Gasteiger partial charge in [-0.05, 0) is 19.9 Å². The first-order valence-electron chi connectivity index (χ1n) is 6.21. The number of nitro groups is 1. The summed E-state index contributed by atoms with van der Waals surface area (Å²) in [7, 11) is 0. The Hall–Kier alpha value is -2.77. The third-order valence-corrected chi connectivity index (χ3v) is 2.51. The zero-order valence-corrected chi connectivity index (χ0v) is 11.5. The highest BCUT2D eigenvalue weighted by Gasteiger charge is 2.13. The third-order valence-electron chi connectivity index (χ3n) is 2.51. The molecule has 21 heavy (non-hydrogen) atoms. The number of ether oxygens (including phenoxy) is 1. The van der Waals surface area contributed by atoms with Crippen molar-refractivity contribution in [3.63, 3.8) is 0 Å². The minimum atomic E-state index is -0.828. The second-order valence-corrected chi connectivity index (χ2v) is 4.14. The molecule has 2 rings (SSSR count). The number of aryl methyl sites for hydroxylation is 1. The maximum absolute atomic E-state index is 13.8. The molecule has 0 radical (unpaired) electrons. The van der Waals surface area contributed by atoms with E-state index in [-0.39, 0.29) is 17.3 Å². The molecule has 0 saturated carbocycles. The molecule has 0 aliphatic rings. The van der Waals surface area contributed by atoms with Crippen molar-refractivity contribution in [2.75, 3.05) is 11.9 Å². The van der Waals surface area contributed by atoms with Crippen molar-refractivity contribution in [3.05, 3.63) is 46.0 Å². The summed E-state index contributed by atoms with van der Waals surface area (Å²) in [6, 6.07) is 4.68. The van der Waals surface area contributed by atoms with Gasteiger partial charge in [0.2, 0.25) is 5.88 Å². The van der Waals surface area contributed by atoms with E-state index in [9.17, 15) is 14.5 Å². The molecule has 1 aromatic heterocycles. The molecule has 0 bridgehead atoms. The van der Waals surface area contributed by atoms with Crippen LogP contribution in [0, 0.1) is 22.9 Å². The monoisotopic (exact) mass is 292 g/mol. The number of hydrogen-bond acceptors (Lipinski definition) is 6. The van der Waals surface area contributed by atoms with Gasteiger partial charge in [-0.25, -0.2) is 9.37 Å². The van der Waals surface area contributed by atoms with Gasteiger partial charge < -0.3 is 10.1 Å². The number of nitro benzene ring substituents is 1. The molecule has 7 nitrogen and oxygen atoms in total. The van der Waals surface area contributed by atoms with Crippen LogP contribution >= 0.6 is 0 Å². The van der Waals surface area contributed by atoms with Gasteiger partial charge in [-0.2, -0.15) is 4.98 Å². The molecular formula is C13H13FN4O3. The minimum Gasteiger partial charge on any atom is -0.436 e. The van der Waals surface area contributed by atoms with Crippen molar-refractivity contribution >= 4 is 11.5 Å². The quantitative estimate of drug-likeness (QED) is 0.672. The van der Waals surface area contributed by atoms with Crippen molar-refractivity contribution in [1.29, 1.82) is 0 Å². The molecule has 8 heteroatoms. The van der Waals surface area contributed by atoms with Crippen LogP contribution in [0.3, 0.4) is 0 Å². The van der Waals surface area contributed by atoms with Gasteiger partial charge in [0.05, 0.1) is 11.0 Å². The smallest absolute Gasteiger partial charge is 0.272 e. The molecule has 0 amide bonds. The number of nitrogens with zero attached hydrogens (tertiary/aromatic N) is 3. The van der Waals surface area contributed by atoms with Crippen LogP contribution in [0.4, 0.5) is 15.9 Å². The van der Waals surface area contributed by atoms with E-state index in [4.69, 9.17) is 4.74 Å². The number of non-ortho nitro benzene ring substituents is 1. The highest BCUT2D eigenvalue weighted by molar-refractivity contribution is 5.42. The molecule has 2 aromatic rings. The zero-order valence-electron chi connectivity index (χ0n) is 11.5. The summed E-state index contributed by atoms with van der Waals surface area (Å²) in [5.41, 5.74) is -0.341. The summed E-state index contributed by atoms with van der Waals surface area (Å²) in [4.78, 5) is 18.1. The van der Waals surface area contributed by atoms with Crippen LogP contribution in [0.25, 0.3) is 0 Å². The summed E-state index contributed by atoms with van der Waals surface area (Å²) in [5.74, 6) is 0.214. The summed E-state index contributed by atoms with van der Waals surface area (Å²) in [6.07, 6.45) is 0. The molecule has 110 valence electrons. The van der Waals surface area contributed by atoms with Crippen LogP contribution in [0.15, 0.2) is 24.3 Å². The van der Waals surface area contributed by atoms with Gasteiger partial charge in [0.15, 0.2) is 11.6 Å². The summed E-state index contributed by atoms with van der Waals surface area (Å²) in [6.45, 7) is 4.26. The van der Waals surface area contributed by atoms with E-state index in [2.05, 4.69) is 15.3 Å². The number of halogens is 1. The highest BCUT2D eigenvalue weighted by Crippen LogP contribution is 2.27. The maximum Gasteiger partial charge on any atom is 0.272 e. The largest absolute Gasteiger partial charge is 0.436 e. The van der Waals surface area contributed by atoms with Gasteiger partial charge in [-0.1, -0.05) is 0 Å². The van der Waals surface area contributed by atoms with E-state index in [0.717, 1.165) is 12.1 Å². The first-order valence-corrected chi connectivity index (χ1v) is 6.21. The standard InChI is InChI=1S/C13H13FN4O3/c1-3-15-12-7-13(17-8(2)16-12)21-11-5-4-9(18(19)20)6-10(11)14/h4-7H,3H2,1-2H3,(H,15,16,17). The maximum atomic E-state index is 13.8. The molecule has 0 spiro atoms. The number of rotatable bonds is 5. The molecule has 0 aliphatic carbocycles. The van der Waals surface area contributed by atoms with E-state index in [1.807, 2.05) is 6.92 Å².